The van der Waals surface area contributed by atoms with Crippen molar-refractivity contribution in [3.8, 4) is 0 Å². The standard InChI is InChI=1S/C16H21FN2O2/c1-10-5-3-4-6-13(10)18-15(20)16(21)19-14-9-12(17)8-7-11(14)2/h7-10,13H,3-6H2,1-2H3,(H,18,20)(H,19,21)/t10-,13+/m0/s1. The van der Waals surface area contributed by atoms with Gasteiger partial charge in [0.1, 0.15) is 5.82 Å². The number of halogens is 1. The fraction of sp³-hybridized carbons (Fsp3) is 0.500. The Morgan fingerprint density at radius 3 is 2.62 bits per heavy atom. The molecule has 5 heteroatoms. The molecule has 114 valence electrons. The minimum Gasteiger partial charge on any atom is -0.345 e. The Kier molecular flexibility index (Phi) is 4.94. The molecule has 0 bridgehead atoms. The van der Waals surface area contributed by atoms with Crippen molar-refractivity contribution in [3.05, 3.63) is 29.6 Å². The molecule has 1 aliphatic rings. The molecule has 1 aliphatic carbocycles. The molecule has 2 atom stereocenters. The number of anilines is 1. The molecular formula is C16H21FN2O2. The molecule has 0 aliphatic heterocycles. The van der Waals surface area contributed by atoms with Gasteiger partial charge < -0.3 is 10.6 Å². The number of nitrogens with one attached hydrogen (secondary N) is 2. The maximum Gasteiger partial charge on any atom is 0.313 e. The summed E-state index contributed by atoms with van der Waals surface area (Å²) in [6.07, 6.45) is 4.21. The van der Waals surface area contributed by atoms with Crippen LogP contribution in [-0.4, -0.2) is 17.9 Å². The molecule has 0 radical (unpaired) electrons. The van der Waals surface area contributed by atoms with Gasteiger partial charge in [-0.1, -0.05) is 25.8 Å². The van der Waals surface area contributed by atoms with Crippen molar-refractivity contribution in [2.75, 3.05) is 5.32 Å². The summed E-state index contributed by atoms with van der Waals surface area (Å²) in [4.78, 5) is 23.9. The van der Waals surface area contributed by atoms with Gasteiger partial charge in [0.05, 0.1) is 0 Å². The Morgan fingerprint density at radius 2 is 1.90 bits per heavy atom. The monoisotopic (exact) mass is 292 g/mol. The number of amides is 2. The molecule has 1 aromatic rings. The predicted molar refractivity (Wildman–Crippen MR) is 79.3 cm³/mol. The van der Waals surface area contributed by atoms with Crippen LogP contribution in [0.3, 0.4) is 0 Å². The first-order valence-corrected chi connectivity index (χ1v) is 7.35. The summed E-state index contributed by atoms with van der Waals surface area (Å²) < 4.78 is 13.2. The van der Waals surface area contributed by atoms with Crippen LogP contribution in [0.2, 0.25) is 0 Å². The highest BCUT2D eigenvalue weighted by molar-refractivity contribution is 6.39. The quantitative estimate of drug-likeness (QED) is 0.823. The molecule has 1 aromatic carbocycles. The Labute approximate surface area is 124 Å². The van der Waals surface area contributed by atoms with Crippen molar-refractivity contribution < 1.29 is 14.0 Å². The van der Waals surface area contributed by atoms with E-state index in [2.05, 4.69) is 17.6 Å². The molecule has 0 aromatic heterocycles. The van der Waals surface area contributed by atoms with E-state index in [0.29, 0.717) is 17.2 Å². The number of hydrogen-bond acceptors (Lipinski definition) is 2. The van der Waals surface area contributed by atoms with Crippen molar-refractivity contribution in [2.24, 2.45) is 5.92 Å². The van der Waals surface area contributed by atoms with E-state index < -0.39 is 17.6 Å². The van der Waals surface area contributed by atoms with Gasteiger partial charge >= 0.3 is 11.8 Å². The summed E-state index contributed by atoms with van der Waals surface area (Å²) in [5.41, 5.74) is 1.04. The number of carbonyl (C=O) groups is 2. The van der Waals surface area contributed by atoms with Crippen LogP contribution in [0.5, 0.6) is 0 Å². The largest absolute Gasteiger partial charge is 0.345 e. The van der Waals surface area contributed by atoms with Crippen molar-refractivity contribution in [1.82, 2.24) is 5.32 Å². The Hall–Kier alpha value is -1.91. The number of hydrogen-bond donors (Lipinski definition) is 2. The van der Waals surface area contributed by atoms with E-state index in [-0.39, 0.29) is 6.04 Å². The minimum atomic E-state index is -0.749. The summed E-state index contributed by atoms with van der Waals surface area (Å²) >= 11 is 0. The Bertz CT molecular complexity index is 545. The zero-order valence-corrected chi connectivity index (χ0v) is 12.4. The Morgan fingerprint density at radius 1 is 1.19 bits per heavy atom. The smallest absolute Gasteiger partial charge is 0.313 e. The lowest BCUT2D eigenvalue weighted by Crippen LogP contribution is -2.45. The van der Waals surface area contributed by atoms with E-state index in [1.165, 1.54) is 18.6 Å². The first kappa shape index (κ1) is 15.5. The molecular weight excluding hydrogens is 271 g/mol. The van der Waals surface area contributed by atoms with Crippen LogP contribution in [0.25, 0.3) is 0 Å². The fourth-order valence-electron chi connectivity index (χ4n) is 2.67. The fourth-order valence-corrected chi connectivity index (χ4v) is 2.67. The van der Waals surface area contributed by atoms with Gasteiger partial charge in [-0.15, -0.1) is 0 Å². The molecule has 2 N–H and O–H groups in total. The normalized spacial score (nSPS) is 21.7. The third-order valence-corrected chi connectivity index (χ3v) is 4.08. The highest BCUT2D eigenvalue weighted by Crippen LogP contribution is 2.23. The lowest BCUT2D eigenvalue weighted by atomic mass is 9.86. The van der Waals surface area contributed by atoms with Gasteiger partial charge in [-0.25, -0.2) is 4.39 Å². The lowest BCUT2D eigenvalue weighted by molar-refractivity contribution is -0.137. The molecule has 0 heterocycles. The van der Waals surface area contributed by atoms with E-state index in [4.69, 9.17) is 0 Å². The molecule has 21 heavy (non-hydrogen) atoms. The topological polar surface area (TPSA) is 58.2 Å². The van der Waals surface area contributed by atoms with E-state index >= 15 is 0 Å². The third-order valence-electron chi connectivity index (χ3n) is 4.08. The summed E-state index contributed by atoms with van der Waals surface area (Å²) in [6, 6.07) is 4.13. The summed E-state index contributed by atoms with van der Waals surface area (Å²) in [5.74, 6) is -1.47. The van der Waals surface area contributed by atoms with Gasteiger partial charge in [0.25, 0.3) is 0 Å². The molecule has 0 unspecified atom stereocenters. The van der Waals surface area contributed by atoms with E-state index in [1.54, 1.807) is 13.0 Å². The van der Waals surface area contributed by atoms with E-state index in [9.17, 15) is 14.0 Å². The van der Waals surface area contributed by atoms with Crippen LogP contribution >= 0.6 is 0 Å². The minimum absolute atomic E-state index is 0.0469. The van der Waals surface area contributed by atoms with Gasteiger partial charge in [-0.3, -0.25) is 9.59 Å². The van der Waals surface area contributed by atoms with Crippen molar-refractivity contribution >= 4 is 17.5 Å². The zero-order chi connectivity index (χ0) is 15.4. The number of rotatable bonds is 2. The van der Waals surface area contributed by atoms with Crippen LogP contribution in [0.15, 0.2) is 18.2 Å². The molecule has 1 saturated carbocycles. The third kappa shape index (κ3) is 4.03. The second kappa shape index (κ2) is 6.70. The molecule has 0 spiro atoms. The second-order valence-corrected chi connectivity index (χ2v) is 5.76. The van der Waals surface area contributed by atoms with Gasteiger partial charge in [-0.2, -0.15) is 0 Å². The van der Waals surface area contributed by atoms with Crippen LogP contribution in [0.4, 0.5) is 10.1 Å². The summed E-state index contributed by atoms with van der Waals surface area (Å²) in [7, 11) is 0. The van der Waals surface area contributed by atoms with E-state index in [0.717, 1.165) is 19.3 Å². The van der Waals surface area contributed by atoms with Crippen molar-refractivity contribution in [3.63, 3.8) is 0 Å². The zero-order valence-electron chi connectivity index (χ0n) is 12.4. The SMILES string of the molecule is Cc1ccc(F)cc1NC(=O)C(=O)N[C@@H]1CCCC[C@@H]1C. The lowest BCUT2D eigenvalue weighted by Gasteiger charge is -2.29. The second-order valence-electron chi connectivity index (χ2n) is 5.76. The van der Waals surface area contributed by atoms with Crippen LogP contribution < -0.4 is 10.6 Å². The molecule has 0 saturated heterocycles. The van der Waals surface area contributed by atoms with Crippen molar-refractivity contribution in [1.29, 1.82) is 0 Å². The van der Waals surface area contributed by atoms with Crippen LogP contribution in [0, 0.1) is 18.7 Å². The van der Waals surface area contributed by atoms with E-state index in [1.807, 2.05) is 0 Å². The number of benzene rings is 1. The average Bonchev–Trinajstić information content (AvgIpc) is 2.45. The first-order chi connectivity index (χ1) is 9.97. The summed E-state index contributed by atoms with van der Waals surface area (Å²) in [6.45, 7) is 3.83. The van der Waals surface area contributed by atoms with Gasteiger partial charge in [0.2, 0.25) is 0 Å². The molecule has 2 amide bonds. The average molecular weight is 292 g/mol. The van der Waals surface area contributed by atoms with Gasteiger partial charge in [0, 0.05) is 11.7 Å². The first-order valence-electron chi connectivity index (χ1n) is 7.35. The highest BCUT2D eigenvalue weighted by atomic mass is 19.1. The van der Waals surface area contributed by atoms with Crippen LogP contribution in [0.1, 0.15) is 38.2 Å². The van der Waals surface area contributed by atoms with Crippen LogP contribution in [-0.2, 0) is 9.59 Å². The molecule has 4 nitrogen and oxygen atoms in total. The van der Waals surface area contributed by atoms with Gasteiger partial charge in [-0.05, 0) is 43.4 Å². The maximum absolute atomic E-state index is 13.2. The number of carbonyl (C=O) groups excluding carboxylic acids is 2. The van der Waals surface area contributed by atoms with Crippen molar-refractivity contribution in [2.45, 2.75) is 45.6 Å². The molecule has 1 fully saturated rings. The Balaban J connectivity index is 1.96. The summed E-state index contributed by atoms with van der Waals surface area (Å²) in [5, 5.41) is 5.24. The number of aryl methyl sites for hydroxylation is 1. The maximum atomic E-state index is 13.2. The highest BCUT2D eigenvalue weighted by Gasteiger charge is 2.25. The molecule has 2 rings (SSSR count). The van der Waals surface area contributed by atoms with Gasteiger partial charge in [0.15, 0.2) is 0 Å². The predicted octanol–water partition coefficient (Wildman–Crippen LogP) is 2.77.